The summed E-state index contributed by atoms with van der Waals surface area (Å²) in [5, 5.41) is 4.01. The lowest BCUT2D eigenvalue weighted by Crippen LogP contribution is -3.16. The molecule has 0 aromatic rings. The molecule has 6 rings (SSSR count). The monoisotopic (exact) mass is 231 g/mol. The third-order valence-corrected chi connectivity index (χ3v) is 7.52. The summed E-state index contributed by atoms with van der Waals surface area (Å²) >= 11 is 0. The highest BCUT2D eigenvalue weighted by molar-refractivity contribution is 5.59. The molecule has 94 valence electrons. The molecule has 6 aliphatic carbocycles. The normalized spacial score (nSPS) is 68.1. The fraction of sp³-hybridized carbons (Fsp3) is 1.00. The molecule has 0 atom stereocenters. The number of nitrogens with one attached hydrogen (secondary N) is 1. The van der Waals surface area contributed by atoms with Gasteiger partial charge in [0.1, 0.15) is 0 Å². The summed E-state index contributed by atoms with van der Waals surface area (Å²) < 4.78 is 0. The van der Waals surface area contributed by atoms with E-state index in [2.05, 4.69) is 46.9 Å². The Hall–Kier alpha value is -0.0400. The second kappa shape index (κ2) is 1.94. The Balaban J connectivity index is 1.48. The molecule has 0 amide bonds. The molecule has 0 bridgehead atoms. The Bertz CT molecular complexity index is 394. The third-order valence-electron chi connectivity index (χ3n) is 7.52. The van der Waals surface area contributed by atoms with Crippen LogP contribution in [0, 0.1) is 46.3 Å². The maximum Gasteiger partial charge on any atom is 0.0288 e. The molecule has 0 unspecified atom stereocenters. The van der Waals surface area contributed by atoms with Gasteiger partial charge in [-0.1, -0.05) is 20.8 Å². The van der Waals surface area contributed by atoms with Gasteiger partial charge in [-0.05, 0) is 67.1 Å². The first kappa shape index (κ1) is 9.83. The summed E-state index contributed by atoms with van der Waals surface area (Å²) in [6.45, 7) is 14.5. The summed E-state index contributed by atoms with van der Waals surface area (Å²) in [6.07, 6.45) is 0. The van der Waals surface area contributed by atoms with Crippen LogP contribution in [0.4, 0.5) is 0 Å². The topological polar surface area (TPSA) is 12.0 Å². The molecule has 1 nitrogen and oxygen atoms in total. The van der Waals surface area contributed by atoms with Gasteiger partial charge in [0.2, 0.25) is 0 Å². The quantitative estimate of drug-likeness (QED) is 0.731. The maximum atomic E-state index is 4.01. The van der Waals surface area contributed by atoms with Gasteiger partial charge in [-0.15, -0.1) is 0 Å². The van der Waals surface area contributed by atoms with Crippen LogP contribution in [0.25, 0.3) is 0 Å². The lowest BCUT2D eigenvalue weighted by atomic mass is 8.92. The molecule has 0 heterocycles. The maximum absolute atomic E-state index is 4.01. The van der Waals surface area contributed by atoms with Crippen molar-refractivity contribution in [1.82, 2.24) is 5.32 Å². The standard InChI is InChI=1S/C16H25N/c1-13(2,3)15-7-10-8(15)12-9(15)11(7)16(10,12)17-14(4,5)6/h7-12,17H,1-6H3. The van der Waals surface area contributed by atoms with Crippen LogP contribution in [0.5, 0.6) is 0 Å². The fourth-order valence-electron chi connectivity index (χ4n) is 7.93. The zero-order valence-corrected chi connectivity index (χ0v) is 12.0. The first-order chi connectivity index (χ1) is 7.69. The summed E-state index contributed by atoms with van der Waals surface area (Å²) in [7, 11) is 0. The van der Waals surface area contributed by atoms with E-state index < -0.39 is 0 Å². The molecule has 0 aromatic carbocycles. The van der Waals surface area contributed by atoms with Crippen LogP contribution in [0.1, 0.15) is 41.5 Å². The van der Waals surface area contributed by atoms with Crippen molar-refractivity contribution in [3.05, 3.63) is 0 Å². The summed E-state index contributed by atoms with van der Waals surface area (Å²) in [4.78, 5) is 0. The van der Waals surface area contributed by atoms with E-state index in [9.17, 15) is 0 Å². The predicted octanol–water partition coefficient (Wildman–Crippen LogP) is 2.91. The van der Waals surface area contributed by atoms with Gasteiger partial charge in [-0.25, -0.2) is 0 Å². The van der Waals surface area contributed by atoms with E-state index in [-0.39, 0.29) is 0 Å². The fourth-order valence-corrected chi connectivity index (χ4v) is 7.93. The SMILES string of the molecule is CC(C)(C)NC12C3C4C1C1C2C3C41C(C)(C)C. The molecule has 6 aliphatic rings. The van der Waals surface area contributed by atoms with Crippen LogP contribution in [0.2, 0.25) is 0 Å². The van der Waals surface area contributed by atoms with Gasteiger partial charge in [0.15, 0.2) is 0 Å². The average molecular weight is 231 g/mol. The van der Waals surface area contributed by atoms with Crippen LogP contribution >= 0.6 is 0 Å². The minimum Gasteiger partial charge on any atom is -0.306 e. The van der Waals surface area contributed by atoms with Gasteiger partial charge in [0.05, 0.1) is 0 Å². The Labute approximate surface area is 105 Å². The second-order valence-electron chi connectivity index (χ2n) is 9.65. The van der Waals surface area contributed by atoms with Crippen molar-refractivity contribution in [3.63, 3.8) is 0 Å². The smallest absolute Gasteiger partial charge is 0.0288 e. The minimum absolute atomic E-state index is 0.314. The predicted molar refractivity (Wildman–Crippen MR) is 68.4 cm³/mol. The zero-order chi connectivity index (χ0) is 12.2. The Morgan fingerprint density at radius 3 is 1.41 bits per heavy atom. The highest BCUT2D eigenvalue weighted by Crippen LogP contribution is 3.09. The molecular weight excluding hydrogens is 206 g/mol. The molecule has 0 aromatic heterocycles. The Kier molecular flexibility index (Phi) is 1.12. The van der Waals surface area contributed by atoms with Crippen molar-refractivity contribution in [2.45, 2.75) is 52.6 Å². The molecule has 1 heteroatoms. The highest BCUT2D eigenvalue weighted by Gasteiger charge is 3.10. The molecule has 6 fully saturated rings. The van der Waals surface area contributed by atoms with Crippen molar-refractivity contribution in [2.24, 2.45) is 46.3 Å². The van der Waals surface area contributed by atoms with E-state index in [1.807, 2.05) is 0 Å². The van der Waals surface area contributed by atoms with Gasteiger partial charge in [-0.2, -0.15) is 0 Å². The minimum atomic E-state index is 0.314. The first-order valence-electron chi connectivity index (χ1n) is 7.48. The zero-order valence-electron chi connectivity index (χ0n) is 12.0. The van der Waals surface area contributed by atoms with Crippen LogP contribution < -0.4 is 5.32 Å². The molecule has 1 N–H and O–H groups in total. The molecule has 0 radical (unpaired) electrons. The number of rotatable bonds is 1. The Morgan fingerprint density at radius 1 is 0.706 bits per heavy atom. The van der Waals surface area contributed by atoms with E-state index in [1.165, 1.54) is 0 Å². The van der Waals surface area contributed by atoms with Gasteiger partial charge >= 0.3 is 0 Å². The largest absolute Gasteiger partial charge is 0.306 e. The number of hydrogen-bond donors (Lipinski definition) is 1. The van der Waals surface area contributed by atoms with E-state index in [4.69, 9.17) is 0 Å². The van der Waals surface area contributed by atoms with Gasteiger partial charge in [-0.3, -0.25) is 0 Å². The summed E-state index contributed by atoms with van der Waals surface area (Å²) in [5.41, 5.74) is 2.35. The summed E-state index contributed by atoms with van der Waals surface area (Å²) in [6, 6.07) is 0. The molecular formula is C16H25N. The highest BCUT2D eigenvalue weighted by atomic mass is 15.3. The molecule has 0 spiro atoms. The Morgan fingerprint density at radius 2 is 1.12 bits per heavy atom. The first-order valence-corrected chi connectivity index (χ1v) is 7.48. The van der Waals surface area contributed by atoms with E-state index in [1.54, 1.807) is 0 Å². The van der Waals surface area contributed by atoms with Gasteiger partial charge in [0, 0.05) is 11.1 Å². The van der Waals surface area contributed by atoms with Crippen LogP contribution in [-0.2, 0) is 0 Å². The van der Waals surface area contributed by atoms with Crippen LogP contribution in [0.3, 0.4) is 0 Å². The molecule has 17 heavy (non-hydrogen) atoms. The van der Waals surface area contributed by atoms with Crippen molar-refractivity contribution >= 4 is 0 Å². The van der Waals surface area contributed by atoms with Crippen molar-refractivity contribution < 1.29 is 0 Å². The third kappa shape index (κ3) is 0.554. The van der Waals surface area contributed by atoms with E-state index in [0.29, 0.717) is 16.5 Å². The van der Waals surface area contributed by atoms with E-state index >= 15 is 0 Å². The van der Waals surface area contributed by atoms with Gasteiger partial charge in [0.25, 0.3) is 0 Å². The van der Waals surface area contributed by atoms with Crippen molar-refractivity contribution in [3.8, 4) is 0 Å². The van der Waals surface area contributed by atoms with Crippen molar-refractivity contribution in [1.29, 1.82) is 0 Å². The molecule has 0 aliphatic heterocycles. The molecule has 0 saturated heterocycles. The number of hydrogen-bond acceptors (Lipinski definition) is 1. The van der Waals surface area contributed by atoms with E-state index in [0.717, 1.165) is 40.9 Å². The lowest BCUT2D eigenvalue weighted by molar-refractivity contribution is -0.646. The molecule has 6 saturated carbocycles. The van der Waals surface area contributed by atoms with Crippen LogP contribution in [0.15, 0.2) is 0 Å². The summed E-state index contributed by atoms with van der Waals surface area (Å²) in [5.74, 6) is 6.62. The lowest BCUT2D eigenvalue weighted by Gasteiger charge is -3.13. The average Bonchev–Trinajstić information content (AvgIpc) is 2.13. The van der Waals surface area contributed by atoms with Crippen molar-refractivity contribution in [2.75, 3.05) is 0 Å². The van der Waals surface area contributed by atoms with Crippen LogP contribution in [-0.4, -0.2) is 11.1 Å². The van der Waals surface area contributed by atoms with Gasteiger partial charge < -0.3 is 5.32 Å². The second-order valence-corrected chi connectivity index (χ2v) is 9.65.